The van der Waals surface area contributed by atoms with Crippen LogP contribution in [0.1, 0.15) is 36.1 Å². The maximum atomic E-state index is 12.6. The zero-order valence-corrected chi connectivity index (χ0v) is 20.7. The van der Waals surface area contributed by atoms with E-state index in [2.05, 4.69) is 43.4 Å². The number of benzene rings is 2. The van der Waals surface area contributed by atoms with E-state index in [4.69, 9.17) is 11.6 Å². The lowest BCUT2D eigenvalue weighted by Crippen LogP contribution is -2.29. The van der Waals surface area contributed by atoms with Crippen molar-refractivity contribution in [1.29, 1.82) is 0 Å². The van der Waals surface area contributed by atoms with Gasteiger partial charge in [0, 0.05) is 15.8 Å². The lowest BCUT2D eigenvalue weighted by Gasteiger charge is -2.15. The molecule has 0 saturated heterocycles. The number of halogens is 2. The van der Waals surface area contributed by atoms with E-state index in [-0.39, 0.29) is 23.6 Å². The number of amides is 2. The molecular weight excluding hydrogens is 549 g/mol. The molecule has 7 nitrogen and oxygen atoms in total. The Hall–Kier alpha value is -2.11. The van der Waals surface area contributed by atoms with Gasteiger partial charge in [-0.2, -0.15) is 0 Å². The Kier molecular flexibility index (Phi) is 8.33. The second-order valence-electron chi connectivity index (χ2n) is 6.60. The maximum Gasteiger partial charge on any atom is 0.253 e. The number of aromatic nitrogens is 3. The van der Waals surface area contributed by atoms with Crippen LogP contribution in [0.5, 0.6) is 0 Å². The molecule has 0 aliphatic carbocycles. The predicted molar refractivity (Wildman–Crippen MR) is 132 cm³/mol. The number of nitrogens with zero attached hydrogens (tertiary/aromatic N) is 3. The average molecular weight is 570 g/mol. The largest absolute Gasteiger partial charge is 0.342 e. The molecule has 3 rings (SSSR count). The third kappa shape index (κ3) is 6.20. The Morgan fingerprint density at radius 1 is 1.16 bits per heavy atom. The Balaban J connectivity index is 1.63. The van der Waals surface area contributed by atoms with Crippen LogP contribution in [0.2, 0.25) is 5.02 Å². The van der Waals surface area contributed by atoms with Crippen LogP contribution < -0.4 is 10.6 Å². The van der Waals surface area contributed by atoms with Crippen molar-refractivity contribution in [2.45, 2.75) is 31.6 Å². The molecule has 10 heteroatoms. The second-order valence-corrected chi connectivity index (χ2v) is 9.20. The Bertz CT molecular complexity index is 1070. The molecule has 0 unspecified atom stereocenters. The molecule has 3 aromatic rings. The number of thioether (sulfide) groups is 1. The van der Waals surface area contributed by atoms with E-state index in [9.17, 15) is 9.59 Å². The Morgan fingerprint density at radius 3 is 2.55 bits per heavy atom. The minimum Gasteiger partial charge on any atom is -0.342 e. The molecule has 0 aliphatic heterocycles. The zero-order chi connectivity index (χ0) is 22.4. The van der Waals surface area contributed by atoms with Gasteiger partial charge < -0.3 is 15.2 Å². The van der Waals surface area contributed by atoms with Gasteiger partial charge in [-0.1, -0.05) is 35.5 Å². The van der Waals surface area contributed by atoms with Gasteiger partial charge in [0.25, 0.3) is 5.91 Å². The van der Waals surface area contributed by atoms with E-state index in [1.54, 1.807) is 24.3 Å². The van der Waals surface area contributed by atoms with Crippen LogP contribution in [-0.2, 0) is 11.3 Å². The van der Waals surface area contributed by atoms with Gasteiger partial charge >= 0.3 is 0 Å². The normalized spacial score (nSPS) is 11.7. The fourth-order valence-electron chi connectivity index (χ4n) is 2.87. The van der Waals surface area contributed by atoms with Crippen molar-refractivity contribution in [3.8, 4) is 0 Å². The van der Waals surface area contributed by atoms with Crippen molar-refractivity contribution >= 4 is 63.5 Å². The van der Waals surface area contributed by atoms with Gasteiger partial charge in [-0.25, -0.2) is 0 Å². The summed E-state index contributed by atoms with van der Waals surface area (Å²) in [6.07, 6.45) is 0. The number of carbonyl (C=O) groups is 2. The van der Waals surface area contributed by atoms with Crippen molar-refractivity contribution in [1.82, 2.24) is 20.1 Å². The molecule has 0 bridgehead atoms. The third-order valence-corrected chi connectivity index (χ3v) is 6.39. The molecular formula is C21H21ClIN5O2S. The number of hydrogen-bond acceptors (Lipinski definition) is 5. The number of carbonyl (C=O) groups excluding carboxylic acids is 2. The van der Waals surface area contributed by atoms with Crippen LogP contribution in [0.3, 0.4) is 0 Å². The van der Waals surface area contributed by atoms with Crippen LogP contribution in [0, 0.1) is 3.57 Å². The van der Waals surface area contributed by atoms with Crippen molar-refractivity contribution in [2.24, 2.45) is 0 Å². The fourth-order valence-corrected chi connectivity index (χ4v) is 4.26. The Labute approximate surface area is 203 Å². The highest BCUT2D eigenvalue weighted by Gasteiger charge is 2.21. The van der Waals surface area contributed by atoms with E-state index in [0.717, 1.165) is 9.26 Å². The monoisotopic (exact) mass is 569 g/mol. The van der Waals surface area contributed by atoms with Crippen molar-refractivity contribution < 1.29 is 9.59 Å². The van der Waals surface area contributed by atoms with Crippen LogP contribution in [0.25, 0.3) is 0 Å². The summed E-state index contributed by atoms with van der Waals surface area (Å²) < 4.78 is 2.99. The van der Waals surface area contributed by atoms with Crippen LogP contribution in [-0.4, -0.2) is 32.3 Å². The molecule has 0 spiro atoms. The molecule has 1 atom stereocenters. The van der Waals surface area contributed by atoms with Gasteiger partial charge in [0.1, 0.15) is 0 Å². The summed E-state index contributed by atoms with van der Waals surface area (Å²) in [5, 5.41) is 15.2. The molecule has 0 fully saturated rings. The standard InChI is InChI=1S/C21H21ClIN5O2S/c1-3-28-19(13(2)24-20(30)16-6-4-5-7-17(16)22)26-27-21(28)31-12-18(29)25-15-10-8-14(23)9-11-15/h4-11,13H,3,12H2,1-2H3,(H,24,30)(H,25,29)/t13-/m1/s1. The summed E-state index contributed by atoms with van der Waals surface area (Å²) in [7, 11) is 0. The van der Waals surface area contributed by atoms with Crippen LogP contribution in [0.15, 0.2) is 53.7 Å². The first-order valence-corrected chi connectivity index (χ1v) is 12.0. The van der Waals surface area contributed by atoms with E-state index in [1.165, 1.54) is 11.8 Å². The molecule has 0 aliphatic rings. The van der Waals surface area contributed by atoms with Crippen molar-refractivity contribution in [3.05, 3.63) is 68.5 Å². The first kappa shape index (κ1) is 23.6. The average Bonchev–Trinajstić information content (AvgIpc) is 3.17. The first-order chi connectivity index (χ1) is 14.9. The smallest absolute Gasteiger partial charge is 0.253 e. The number of hydrogen-bond donors (Lipinski definition) is 2. The topological polar surface area (TPSA) is 88.9 Å². The van der Waals surface area contributed by atoms with Gasteiger partial charge in [0.15, 0.2) is 11.0 Å². The highest BCUT2D eigenvalue weighted by molar-refractivity contribution is 14.1. The molecule has 2 amide bonds. The third-order valence-electron chi connectivity index (χ3n) is 4.38. The molecule has 31 heavy (non-hydrogen) atoms. The summed E-state index contributed by atoms with van der Waals surface area (Å²) >= 11 is 9.63. The summed E-state index contributed by atoms with van der Waals surface area (Å²) in [6, 6.07) is 14.1. The summed E-state index contributed by atoms with van der Waals surface area (Å²) in [6.45, 7) is 4.41. The summed E-state index contributed by atoms with van der Waals surface area (Å²) in [5.74, 6) is 0.404. The summed E-state index contributed by atoms with van der Waals surface area (Å²) in [4.78, 5) is 24.8. The lowest BCUT2D eigenvalue weighted by atomic mass is 10.2. The molecule has 2 aromatic carbocycles. The molecule has 1 aromatic heterocycles. The molecule has 162 valence electrons. The van der Waals surface area contributed by atoms with Crippen LogP contribution >= 0.6 is 46.0 Å². The summed E-state index contributed by atoms with van der Waals surface area (Å²) in [5.41, 5.74) is 1.15. The lowest BCUT2D eigenvalue weighted by molar-refractivity contribution is -0.113. The van der Waals surface area contributed by atoms with E-state index in [1.807, 2.05) is 42.7 Å². The highest BCUT2D eigenvalue weighted by Crippen LogP contribution is 2.22. The van der Waals surface area contributed by atoms with Gasteiger partial charge in [-0.15, -0.1) is 10.2 Å². The highest BCUT2D eigenvalue weighted by atomic mass is 127. The minimum absolute atomic E-state index is 0.126. The second kappa shape index (κ2) is 11.0. The fraction of sp³-hybridized carbons (Fsp3) is 0.238. The van der Waals surface area contributed by atoms with Crippen molar-refractivity contribution in [3.63, 3.8) is 0 Å². The quantitative estimate of drug-likeness (QED) is 0.301. The van der Waals surface area contributed by atoms with E-state index < -0.39 is 0 Å². The van der Waals surface area contributed by atoms with Gasteiger partial charge in [0.2, 0.25) is 5.91 Å². The number of anilines is 1. The Morgan fingerprint density at radius 2 is 1.87 bits per heavy atom. The van der Waals surface area contributed by atoms with Crippen LogP contribution in [0.4, 0.5) is 5.69 Å². The SMILES string of the molecule is CCn1c(SCC(=O)Nc2ccc(I)cc2)nnc1[C@@H](C)NC(=O)c1ccccc1Cl. The molecule has 2 N–H and O–H groups in total. The molecule has 1 heterocycles. The minimum atomic E-state index is -0.383. The predicted octanol–water partition coefficient (Wildman–Crippen LogP) is 4.78. The van der Waals surface area contributed by atoms with Gasteiger partial charge in [0.05, 0.1) is 22.4 Å². The van der Waals surface area contributed by atoms with E-state index in [0.29, 0.717) is 28.1 Å². The molecule has 0 saturated carbocycles. The van der Waals surface area contributed by atoms with E-state index >= 15 is 0 Å². The number of nitrogens with one attached hydrogen (secondary N) is 2. The molecule has 0 radical (unpaired) electrons. The number of rotatable bonds is 8. The maximum absolute atomic E-state index is 12.6. The van der Waals surface area contributed by atoms with Gasteiger partial charge in [-0.3, -0.25) is 9.59 Å². The van der Waals surface area contributed by atoms with Gasteiger partial charge in [-0.05, 0) is 72.8 Å². The van der Waals surface area contributed by atoms with Crippen molar-refractivity contribution in [2.75, 3.05) is 11.1 Å². The zero-order valence-electron chi connectivity index (χ0n) is 16.9. The first-order valence-electron chi connectivity index (χ1n) is 9.55.